The van der Waals surface area contributed by atoms with E-state index in [0.717, 1.165) is 6.54 Å². The fraction of sp³-hybridized carbons (Fsp3) is 0.471. The summed E-state index contributed by atoms with van der Waals surface area (Å²) in [5.74, 6) is 0. The molecule has 2 aliphatic rings. The summed E-state index contributed by atoms with van der Waals surface area (Å²) in [5, 5.41) is 0. The van der Waals surface area contributed by atoms with Gasteiger partial charge in [-0.15, -0.1) is 0 Å². The van der Waals surface area contributed by atoms with E-state index in [9.17, 15) is 0 Å². The lowest BCUT2D eigenvalue weighted by Gasteiger charge is -2.28. The Morgan fingerprint density at radius 2 is 1.89 bits per heavy atom. The van der Waals surface area contributed by atoms with Crippen molar-refractivity contribution >= 4 is 11.4 Å². The van der Waals surface area contributed by atoms with Gasteiger partial charge in [0.1, 0.15) is 0 Å². The third kappa shape index (κ3) is 2.03. The van der Waals surface area contributed by atoms with E-state index in [1.807, 2.05) is 0 Å². The van der Waals surface area contributed by atoms with Crippen molar-refractivity contribution in [2.75, 3.05) is 6.54 Å². The van der Waals surface area contributed by atoms with Crippen LogP contribution in [0.1, 0.15) is 39.2 Å². The number of allylic oxidation sites excluding steroid dienone is 2. The molecular formula is C17H22N+. The number of para-hydroxylation sites is 1. The van der Waals surface area contributed by atoms with Crippen LogP contribution in [0.25, 0.3) is 0 Å². The number of fused-ring (bicyclic) bond motifs is 1. The molecule has 0 saturated carbocycles. The lowest BCUT2D eigenvalue weighted by atomic mass is 9.77. The van der Waals surface area contributed by atoms with Gasteiger partial charge in [0.2, 0.25) is 5.69 Å². The molecule has 0 fully saturated rings. The molecule has 1 heteroatoms. The van der Waals surface area contributed by atoms with Gasteiger partial charge in [-0.3, -0.25) is 0 Å². The number of hydrogen-bond donors (Lipinski definition) is 0. The molecular weight excluding hydrogens is 218 g/mol. The fourth-order valence-electron chi connectivity index (χ4n) is 3.50. The summed E-state index contributed by atoms with van der Waals surface area (Å²) in [6.45, 7) is 8.17. The second kappa shape index (κ2) is 4.08. The minimum Gasteiger partial charge on any atom is -0.196 e. The molecule has 1 heterocycles. The molecule has 0 spiro atoms. The summed E-state index contributed by atoms with van der Waals surface area (Å²) < 4.78 is 2.53. The van der Waals surface area contributed by atoms with Crippen LogP contribution in [0.2, 0.25) is 0 Å². The van der Waals surface area contributed by atoms with Crippen molar-refractivity contribution in [3.63, 3.8) is 0 Å². The van der Waals surface area contributed by atoms with Gasteiger partial charge in [0.15, 0.2) is 12.3 Å². The van der Waals surface area contributed by atoms with Gasteiger partial charge in [0.05, 0.1) is 0 Å². The first kappa shape index (κ1) is 11.7. The van der Waals surface area contributed by atoms with Crippen molar-refractivity contribution in [2.45, 2.75) is 40.0 Å². The average molecular weight is 240 g/mol. The van der Waals surface area contributed by atoms with Gasteiger partial charge in [0, 0.05) is 30.5 Å². The first-order valence-corrected chi connectivity index (χ1v) is 6.94. The average Bonchev–Trinajstić information content (AvgIpc) is 2.69. The van der Waals surface area contributed by atoms with Crippen molar-refractivity contribution in [1.82, 2.24) is 0 Å². The molecule has 0 amide bonds. The highest BCUT2D eigenvalue weighted by Crippen LogP contribution is 2.36. The molecule has 0 saturated heterocycles. The van der Waals surface area contributed by atoms with Crippen LogP contribution in [0.4, 0.5) is 5.69 Å². The molecule has 1 aromatic carbocycles. The first-order valence-electron chi connectivity index (χ1n) is 6.94. The lowest BCUT2D eigenvalue weighted by molar-refractivity contribution is -0.430. The van der Waals surface area contributed by atoms with E-state index in [4.69, 9.17) is 0 Å². The predicted octanol–water partition coefficient (Wildman–Crippen LogP) is 4.09. The Morgan fingerprint density at radius 1 is 1.11 bits per heavy atom. The minimum absolute atomic E-state index is 0.408. The molecule has 0 N–H and O–H groups in total. The van der Waals surface area contributed by atoms with Gasteiger partial charge in [-0.05, 0) is 18.8 Å². The number of benzene rings is 1. The van der Waals surface area contributed by atoms with E-state index in [2.05, 4.69) is 55.7 Å². The lowest BCUT2D eigenvalue weighted by Crippen LogP contribution is -2.26. The summed E-state index contributed by atoms with van der Waals surface area (Å²) in [4.78, 5) is 0. The van der Waals surface area contributed by atoms with Gasteiger partial charge >= 0.3 is 0 Å². The molecule has 0 radical (unpaired) electrons. The summed E-state index contributed by atoms with van der Waals surface area (Å²) in [5.41, 5.74) is 6.36. The van der Waals surface area contributed by atoms with Crippen LogP contribution in [0.3, 0.4) is 0 Å². The smallest absolute Gasteiger partial charge is 0.196 e. The largest absolute Gasteiger partial charge is 0.208 e. The number of rotatable bonds is 0. The number of nitrogens with zero attached hydrogens (tertiary/aromatic N) is 1. The van der Waals surface area contributed by atoms with Crippen molar-refractivity contribution in [1.29, 1.82) is 0 Å². The van der Waals surface area contributed by atoms with Crippen LogP contribution < -0.4 is 0 Å². The Balaban J connectivity index is 2.09. The molecule has 0 atom stereocenters. The van der Waals surface area contributed by atoms with E-state index >= 15 is 0 Å². The first-order chi connectivity index (χ1) is 8.55. The van der Waals surface area contributed by atoms with Crippen molar-refractivity contribution in [3.05, 3.63) is 41.5 Å². The Bertz CT molecular complexity index is 546. The van der Waals surface area contributed by atoms with Crippen LogP contribution in [0, 0.1) is 5.41 Å². The van der Waals surface area contributed by atoms with Gasteiger partial charge in [0.25, 0.3) is 0 Å². The Morgan fingerprint density at radius 3 is 2.67 bits per heavy atom. The second-order valence-electron chi connectivity index (χ2n) is 6.53. The summed E-state index contributed by atoms with van der Waals surface area (Å²) in [6, 6.07) is 8.84. The molecule has 1 aliphatic carbocycles. The van der Waals surface area contributed by atoms with E-state index < -0.39 is 0 Å². The molecule has 1 nitrogen and oxygen atoms in total. The SMILES string of the molecule is CC1=CC(=[N+]2CCc3ccccc32)CC(C)(C)C1. The monoisotopic (exact) mass is 240 g/mol. The third-order valence-corrected chi connectivity index (χ3v) is 4.06. The second-order valence-corrected chi connectivity index (χ2v) is 6.53. The van der Waals surface area contributed by atoms with Gasteiger partial charge in [-0.1, -0.05) is 37.6 Å². The van der Waals surface area contributed by atoms with Gasteiger partial charge in [-0.2, -0.15) is 4.58 Å². The molecule has 0 bridgehead atoms. The highest BCUT2D eigenvalue weighted by Gasteiger charge is 2.33. The van der Waals surface area contributed by atoms with Gasteiger partial charge < -0.3 is 0 Å². The van der Waals surface area contributed by atoms with Crippen LogP contribution >= 0.6 is 0 Å². The fourth-order valence-corrected chi connectivity index (χ4v) is 3.50. The standard InChI is InChI=1S/C17H22N/c1-13-10-15(12-17(2,3)11-13)18-9-8-14-6-4-5-7-16(14)18/h4-7,10H,8-9,11-12H2,1-3H3/q+1. The van der Waals surface area contributed by atoms with Crippen LogP contribution in [-0.2, 0) is 6.42 Å². The molecule has 3 rings (SSSR count). The highest BCUT2D eigenvalue weighted by atomic mass is 15.0. The molecule has 0 aromatic heterocycles. The van der Waals surface area contributed by atoms with Crippen LogP contribution in [0.5, 0.6) is 0 Å². The van der Waals surface area contributed by atoms with Crippen LogP contribution in [0.15, 0.2) is 35.9 Å². The molecule has 94 valence electrons. The normalized spacial score (nSPS) is 25.8. The highest BCUT2D eigenvalue weighted by molar-refractivity contribution is 5.93. The maximum absolute atomic E-state index is 2.53. The molecule has 0 unspecified atom stereocenters. The van der Waals surface area contributed by atoms with Crippen molar-refractivity contribution < 1.29 is 4.58 Å². The molecule has 1 aliphatic heterocycles. The number of hydrogen-bond acceptors (Lipinski definition) is 0. The van der Waals surface area contributed by atoms with Crippen molar-refractivity contribution in [2.24, 2.45) is 5.41 Å². The zero-order valence-corrected chi connectivity index (χ0v) is 11.7. The summed E-state index contributed by atoms with van der Waals surface area (Å²) in [6.07, 6.45) is 6.02. The maximum Gasteiger partial charge on any atom is 0.208 e. The molecule has 1 aromatic rings. The topological polar surface area (TPSA) is 3.01 Å². The van der Waals surface area contributed by atoms with E-state index in [-0.39, 0.29) is 0 Å². The van der Waals surface area contributed by atoms with Crippen molar-refractivity contribution in [3.8, 4) is 0 Å². The van der Waals surface area contributed by atoms with E-state index in [1.54, 1.807) is 0 Å². The predicted molar refractivity (Wildman–Crippen MR) is 76.7 cm³/mol. The maximum atomic E-state index is 2.53. The Labute approximate surface area is 110 Å². The quantitative estimate of drug-likeness (QED) is 0.601. The minimum atomic E-state index is 0.408. The zero-order chi connectivity index (χ0) is 12.8. The molecule has 18 heavy (non-hydrogen) atoms. The summed E-state index contributed by atoms with van der Waals surface area (Å²) in [7, 11) is 0. The Hall–Kier alpha value is -1.37. The van der Waals surface area contributed by atoms with E-state index in [0.29, 0.717) is 5.41 Å². The Kier molecular flexibility index (Phi) is 2.65. The third-order valence-electron chi connectivity index (χ3n) is 4.06. The van der Waals surface area contributed by atoms with E-state index in [1.165, 1.54) is 41.8 Å². The van der Waals surface area contributed by atoms with Gasteiger partial charge in [-0.25, -0.2) is 0 Å². The summed E-state index contributed by atoms with van der Waals surface area (Å²) >= 11 is 0. The van der Waals surface area contributed by atoms with Crippen LogP contribution in [-0.4, -0.2) is 16.8 Å². The zero-order valence-electron chi connectivity index (χ0n) is 11.7.